The van der Waals surface area contributed by atoms with Crippen LogP contribution in [0.1, 0.15) is 80.5 Å². The summed E-state index contributed by atoms with van der Waals surface area (Å²) in [4.78, 5) is 3.39. The predicted molar refractivity (Wildman–Crippen MR) is 150 cm³/mol. The molecule has 182 valence electrons. The molecule has 2 heterocycles. The van der Waals surface area contributed by atoms with Crippen LogP contribution in [0.4, 0.5) is 5.69 Å². The number of aromatic amines is 1. The Morgan fingerprint density at radius 1 is 1.29 bits per heavy atom. The zero-order valence-corrected chi connectivity index (χ0v) is 22.7. The van der Waals surface area contributed by atoms with Crippen molar-refractivity contribution in [2.75, 3.05) is 12.4 Å². The molecule has 1 atom stereocenters. The zero-order valence-electron chi connectivity index (χ0n) is 21.0. The summed E-state index contributed by atoms with van der Waals surface area (Å²) >= 11 is 7.61. The molecule has 0 amide bonds. The molecular weight excluding hydrogens is 458 g/mol. The molecule has 0 spiro atoms. The molecule has 0 fully saturated rings. The minimum Gasteiger partial charge on any atom is -0.497 e. The van der Waals surface area contributed by atoms with Crippen LogP contribution in [-0.2, 0) is 6.42 Å². The van der Waals surface area contributed by atoms with Crippen molar-refractivity contribution in [1.29, 1.82) is 5.26 Å². The van der Waals surface area contributed by atoms with Crippen LogP contribution in [0.25, 0.3) is 5.57 Å². The first kappa shape index (κ1) is 27.8. The van der Waals surface area contributed by atoms with Crippen molar-refractivity contribution in [3.05, 3.63) is 69.0 Å². The molecular formula is C28H37N3OS2. The highest BCUT2D eigenvalue weighted by Crippen LogP contribution is 2.43. The number of rotatable bonds is 9. The number of unbranched alkanes of at least 4 members (excludes halogenated alkanes) is 2. The highest BCUT2D eigenvalue weighted by atomic mass is 32.2. The Morgan fingerprint density at radius 2 is 2.03 bits per heavy atom. The third-order valence-corrected chi connectivity index (χ3v) is 7.18. The fraction of sp³-hybridized carbons (Fsp3) is 0.429. The van der Waals surface area contributed by atoms with E-state index < -0.39 is 0 Å². The van der Waals surface area contributed by atoms with Gasteiger partial charge in [-0.15, -0.1) is 11.8 Å². The van der Waals surface area contributed by atoms with Gasteiger partial charge in [-0.3, -0.25) is 0 Å². The first-order valence-corrected chi connectivity index (χ1v) is 13.5. The van der Waals surface area contributed by atoms with Crippen molar-refractivity contribution in [2.45, 2.75) is 71.5 Å². The van der Waals surface area contributed by atoms with Gasteiger partial charge in [-0.1, -0.05) is 51.9 Å². The van der Waals surface area contributed by atoms with Gasteiger partial charge in [0.05, 0.1) is 12.7 Å². The Balaban J connectivity index is 0.00000199. The SMILES string of the molecule is CC.CCCCCc1c(C)[nH]c(=S)c(/C(C#N)=C/Nc2ccc(OC)cc2)c1C1CCC=CS1. The number of nitriles is 1. The number of methoxy groups -OCH3 is 1. The number of anilines is 1. The number of ether oxygens (including phenoxy) is 1. The van der Waals surface area contributed by atoms with Crippen molar-refractivity contribution < 1.29 is 4.74 Å². The predicted octanol–water partition coefficient (Wildman–Crippen LogP) is 8.88. The first-order chi connectivity index (χ1) is 16.6. The van der Waals surface area contributed by atoms with Crippen LogP contribution in [0, 0.1) is 22.9 Å². The fourth-order valence-electron chi connectivity index (χ4n) is 4.03. The molecule has 4 nitrogen and oxygen atoms in total. The number of hydrogen-bond acceptors (Lipinski definition) is 5. The molecule has 3 rings (SSSR count). The minimum atomic E-state index is 0.305. The second-order valence-corrected chi connectivity index (χ2v) is 9.44. The number of nitrogens with zero attached hydrogens (tertiary/aromatic N) is 1. The Kier molecular flexibility index (Phi) is 12.0. The van der Waals surface area contributed by atoms with E-state index in [0.29, 0.717) is 15.5 Å². The lowest BCUT2D eigenvalue weighted by Crippen LogP contribution is -2.11. The van der Waals surface area contributed by atoms with Gasteiger partial charge >= 0.3 is 0 Å². The lowest BCUT2D eigenvalue weighted by molar-refractivity contribution is 0.415. The van der Waals surface area contributed by atoms with Crippen molar-refractivity contribution in [3.63, 3.8) is 0 Å². The molecule has 1 aromatic heterocycles. The monoisotopic (exact) mass is 495 g/mol. The van der Waals surface area contributed by atoms with Gasteiger partial charge in [-0.05, 0) is 73.4 Å². The smallest absolute Gasteiger partial charge is 0.119 e. The van der Waals surface area contributed by atoms with Gasteiger partial charge in [0, 0.05) is 28.4 Å². The highest BCUT2D eigenvalue weighted by Gasteiger charge is 2.25. The van der Waals surface area contributed by atoms with Gasteiger partial charge < -0.3 is 15.0 Å². The van der Waals surface area contributed by atoms with E-state index in [2.05, 4.69) is 41.7 Å². The van der Waals surface area contributed by atoms with Gasteiger partial charge in [0.15, 0.2) is 0 Å². The average molecular weight is 496 g/mol. The number of hydrogen-bond donors (Lipinski definition) is 2. The first-order valence-electron chi connectivity index (χ1n) is 12.2. The van der Waals surface area contributed by atoms with Crippen LogP contribution in [0.2, 0.25) is 0 Å². The standard InChI is InChI=1S/C26H31N3OS2.C2H6/c1-4-5-6-9-22-18(2)29-26(31)24(25(22)23-10-7-8-15-32-23)19(16-27)17-28-20-11-13-21(30-3)14-12-20;1-2/h8,11-15,17,23,28H,4-7,9-10H2,1-3H3,(H,29,31);1-2H3/b19-17+;. The summed E-state index contributed by atoms with van der Waals surface area (Å²) in [6, 6.07) is 10.0. The summed E-state index contributed by atoms with van der Waals surface area (Å²) in [5.74, 6) is 0.794. The fourth-order valence-corrected chi connectivity index (χ4v) is 5.51. The Bertz CT molecular complexity index is 1080. The van der Waals surface area contributed by atoms with Gasteiger partial charge in [-0.2, -0.15) is 5.26 Å². The van der Waals surface area contributed by atoms with Crippen LogP contribution >= 0.6 is 24.0 Å². The summed E-state index contributed by atoms with van der Waals surface area (Å²) in [5, 5.41) is 15.9. The van der Waals surface area contributed by atoms with E-state index in [4.69, 9.17) is 17.0 Å². The highest BCUT2D eigenvalue weighted by molar-refractivity contribution is 8.02. The summed E-state index contributed by atoms with van der Waals surface area (Å²) in [6.45, 7) is 8.33. The normalized spacial score (nSPS) is 15.2. The number of benzene rings is 1. The molecule has 2 aromatic rings. The largest absolute Gasteiger partial charge is 0.497 e. The topological polar surface area (TPSA) is 60.8 Å². The van der Waals surface area contributed by atoms with Crippen molar-refractivity contribution in [1.82, 2.24) is 4.98 Å². The molecule has 1 aliphatic heterocycles. The van der Waals surface area contributed by atoms with Crippen LogP contribution < -0.4 is 10.1 Å². The molecule has 6 heteroatoms. The number of thioether (sulfide) groups is 1. The summed E-state index contributed by atoms with van der Waals surface area (Å²) in [5.41, 5.74) is 6.00. The van der Waals surface area contributed by atoms with E-state index in [-0.39, 0.29) is 0 Å². The molecule has 1 aromatic carbocycles. The maximum atomic E-state index is 10.1. The molecule has 1 unspecified atom stereocenters. The van der Waals surface area contributed by atoms with Crippen molar-refractivity contribution >= 4 is 35.2 Å². The lowest BCUT2D eigenvalue weighted by atomic mass is 9.90. The van der Waals surface area contributed by atoms with E-state index in [9.17, 15) is 5.26 Å². The maximum Gasteiger partial charge on any atom is 0.119 e. The third kappa shape index (κ3) is 7.25. The number of H-pyrrole nitrogens is 1. The average Bonchev–Trinajstić information content (AvgIpc) is 2.88. The van der Waals surface area contributed by atoms with Gasteiger partial charge in [0.2, 0.25) is 0 Å². The third-order valence-electron chi connectivity index (χ3n) is 5.73. The minimum absolute atomic E-state index is 0.305. The van der Waals surface area contributed by atoms with E-state index in [1.54, 1.807) is 13.3 Å². The lowest BCUT2D eigenvalue weighted by Gasteiger charge is -2.25. The van der Waals surface area contributed by atoms with Gasteiger partial charge in [0.1, 0.15) is 16.5 Å². The van der Waals surface area contributed by atoms with Gasteiger partial charge in [0.25, 0.3) is 0 Å². The molecule has 0 bridgehead atoms. The Labute approximate surface area is 214 Å². The maximum absolute atomic E-state index is 10.1. The van der Waals surface area contributed by atoms with E-state index in [1.165, 1.54) is 24.0 Å². The summed E-state index contributed by atoms with van der Waals surface area (Å²) in [7, 11) is 1.65. The van der Waals surface area contributed by atoms with Crippen LogP contribution in [0.5, 0.6) is 5.75 Å². The van der Waals surface area contributed by atoms with Gasteiger partial charge in [-0.25, -0.2) is 0 Å². The van der Waals surface area contributed by atoms with Crippen LogP contribution in [0.15, 0.2) is 41.9 Å². The molecule has 0 saturated heterocycles. The second kappa shape index (κ2) is 14.7. The number of nitrogens with one attached hydrogen (secondary N) is 2. The number of aryl methyl sites for hydroxylation is 1. The quantitative estimate of drug-likeness (QED) is 0.207. The Morgan fingerprint density at radius 3 is 2.62 bits per heavy atom. The molecule has 2 N–H and O–H groups in total. The van der Waals surface area contributed by atoms with Crippen LogP contribution in [-0.4, -0.2) is 12.1 Å². The molecule has 34 heavy (non-hydrogen) atoms. The number of pyridine rings is 1. The van der Waals surface area contributed by atoms with Crippen LogP contribution in [0.3, 0.4) is 0 Å². The van der Waals surface area contributed by atoms with Crippen molar-refractivity contribution in [2.24, 2.45) is 0 Å². The second-order valence-electron chi connectivity index (χ2n) is 7.92. The molecule has 1 aliphatic rings. The Hall–Kier alpha value is -2.49. The number of aromatic nitrogens is 1. The molecule has 0 aliphatic carbocycles. The van der Waals surface area contributed by atoms with E-state index >= 15 is 0 Å². The van der Waals surface area contributed by atoms with E-state index in [0.717, 1.165) is 48.4 Å². The zero-order chi connectivity index (χ0) is 24.9. The van der Waals surface area contributed by atoms with E-state index in [1.807, 2.05) is 49.9 Å². The van der Waals surface area contributed by atoms with Crippen molar-refractivity contribution in [3.8, 4) is 11.8 Å². The molecule has 0 saturated carbocycles. The molecule has 0 radical (unpaired) electrons. The number of allylic oxidation sites excluding steroid dienone is 2. The summed E-state index contributed by atoms with van der Waals surface area (Å²) < 4.78 is 5.86. The summed E-state index contributed by atoms with van der Waals surface area (Å²) in [6.07, 6.45) is 10.6.